The molecule has 0 aromatic carbocycles. The van der Waals surface area contributed by atoms with Crippen LogP contribution in [-0.4, -0.2) is 17.9 Å². The summed E-state index contributed by atoms with van der Waals surface area (Å²) in [6.45, 7) is 7.78. The van der Waals surface area contributed by atoms with Gasteiger partial charge in [0, 0.05) is 6.42 Å². The third-order valence-electron chi connectivity index (χ3n) is 2.03. The van der Waals surface area contributed by atoms with E-state index in [-0.39, 0.29) is 11.8 Å². The maximum absolute atomic E-state index is 11.5. The number of primary amides is 1. The van der Waals surface area contributed by atoms with Gasteiger partial charge in [-0.2, -0.15) is 0 Å². The molecule has 0 aliphatic heterocycles. The van der Waals surface area contributed by atoms with E-state index in [1.807, 2.05) is 33.8 Å². The van der Waals surface area contributed by atoms with E-state index < -0.39 is 11.9 Å². The Morgan fingerprint density at radius 2 is 1.88 bits per heavy atom. The third kappa shape index (κ3) is 7.04. The van der Waals surface area contributed by atoms with Crippen LogP contribution in [0.3, 0.4) is 0 Å². The first kappa shape index (κ1) is 14.7. The molecule has 0 fully saturated rings. The van der Waals surface area contributed by atoms with Crippen LogP contribution < -0.4 is 11.1 Å². The lowest BCUT2D eigenvalue weighted by Gasteiger charge is -2.14. The Labute approximate surface area is 97.3 Å². The Balaban J connectivity index is 4.29. The smallest absolute Gasteiger partial charge is 0.240 e. The molecule has 0 aromatic heterocycles. The van der Waals surface area contributed by atoms with Gasteiger partial charge in [-0.15, -0.1) is 0 Å². The van der Waals surface area contributed by atoms with Crippen LogP contribution >= 0.6 is 0 Å². The predicted molar refractivity (Wildman–Crippen MR) is 64.6 cm³/mol. The van der Waals surface area contributed by atoms with Crippen LogP contribution in [0.2, 0.25) is 0 Å². The van der Waals surface area contributed by atoms with E-state index >= 15 is 0 Å². The van der Waals surface area contributed by atoms with E-state index in [0.717, 1.165) is 5.57 Å². The van der Waals surface area contributed by atoms with E-state index in [1.165, 1.54) is 0 Å². The highest BCUT2D eigenvalue weighted by atomic mass is 16.2. The zero-order chi connectivity index (χ0) is 12.7. The number of allylic oxidation sites excluding steroid dienone is 1. The van der Waals surface area contributed by atoms with Gasteiger partial charge >= 0.3 is 0 Å². The molecule has 0 saturated heterocycles. The van der Waals surface area contributed by atoms with Crippen molar-refractivity contribution < 1.29 is 9.59 Å². The van der Waals surface area contributed by atoms with Gasteiger partial charge in [0.25, 0.3) is 0 Å². The molecule has 0 aliphatic rings. The molecule has 16 heavy (non-hydrogen) atoms. The number of nitrogens with one attached hydrogen (secondary N) is 1. The van der Waals surface area contributed by atoms with Crippen molar-refractivity contribution in [2.24, 2.45) is 11.7 Å². The first-order chi connectivity index (χ1) is 7.32. The van der Waals surface area contributed by atoms with Gasteiger partial charge < -0.3 is 11.1 Å². The molecule has 0 radical (unpaired) electrons. The maximum atomic E-state index is 11.5. The van der Waals surface area contributed by atoms with Crippen molar-refractivity contribution in [3.05, 3.63) is 11.6 Å². The molecule has 0 spiro atoms. The van der Waals surface area contributed by atoms with Crippen LogP contribution in [-0.2, 0) is 9.59 Å². The summed E-state index contributed by atoms with van der Waals surface area (Å²) in [6, 6.07) is -0.596. The maximum Gasteiger partial charge on any atom is 0.240 e. The zero-order valence-electron chi connectivity index (χ0n) is 10.5. The van der Waals surface area contributed by atoms with Gasteiger partial charge in [-0.1, -0.05) is 25.5 Å². The molecule has 0 heterocycles. The summed E-state index contributed by atoms with van der Waals surface area (Å²) < 4.78 is 0. The Bertz CT molecular complexity index is 279. The number of nitrogens with two attached hydrogens (primary N) is 1. The van der Waals surface area contributed by atoms with Crippen LogP contribution in [0.5, 0.6) is 0 Å². The van der Waals surface area contributed by atoms with Crippen LogP contribution in [0.1, 0.15) is 40.5 Å². The monoisotopic (exact) mass is 226 g/mol. The van der Waals surface area contributed by atoms with Crippen molar-refractivity contribution in [2.75, 3.05) is 0 Å². The van der Waals surface area contributed by atoms with Gasteiger partial charge in [0.2, 0.25) is 11.8 Å². The Kier molecular flexibility index (Phi) is 6.46. The molecule has 0 bridgehead atoms. The molecule has 0 aliphatic carbocycles. The number of hydrogen-bond acceptors (Lipinski definition) is 2. The summed E-state index contributed by atoms with van der Waals surface area (Å²) >= 11 is 0. The van der Waals surface area contributed by atoms with E-state index in [2.05, 4.69) is 5.32 Å². The summed E-state index contributed by atoms with van der Waals surface area (Å²) in [7, 11) is 0. The van der Waals surface area contributed by atoms with Gasteiger partial charge in [-0.3, -0.25) is 9.59 Å². The van der Waals surface area contributed by atoms with Crippen molar-refractivity contribution in [3.63, 3.8) is 0 Å². The van der Waals surface area contributed by atoms with E-state index in [9.17, 15) is 9.59 Å². The van der Waals surface area contributed by atoms with Crippen molar-refractivity contribution in [1.29, 1.82) is 0 Å². The lowest BCUT2D eigenvalue weighted by Crippen LogP contribution is -2.44. The van der Waals surface area contributed by atoms with Crippen LogP contribution in [0, 0.1) is 5.92 Å². The average Bonchev–Trinajstić information content (AvgIpc) is 2.09. The van der Waals surface area contributed by atoms with Gasteiger partial charge in [0.1, 0.15) is 6.04 Å². The molecule has 0 saturated carbocycles. The van der Waals surface area contributed by atoms with Gasteiger partial charge in [-0.25, -0.2) is 0 Å². The second-order valence-electron chi connectivity index (χ2n) is 4.64. The van der Waals surface area contributed by atoms with Crippen LogP contribution in [0.4, 0.5) is 0 Å². The average molecular weight is 226 g/mol. The predicted octanol–water partition coefficient (Wildman–Crippen LogP) is 1.36. The number of rotatable bonds is 6. The van der Waals surface area contributed by atoms with E-state index in [1.54, 1.807) is 0 Å². The number of amides is 2. The molecule has 4 heteroatoms. The first-order valence-electron chi connectivity index (χ1n) is 5.55. The summed E-state index contributed by atoms with van der Waals surface area (Å²) in [5.41, 5.74) is 6.32. The molecule has 4 nitrogen and oxygen atoms in total. The highest BCUT2D eigenvalue weighted by Crippen LogP contribution is 2.02. The minimum atomic E-state index is -0.596. The second-order valence-corrected chi connectivity index (χ2v) is 4.64. The Hall–Kier alpha value is -1.32. The standard InChI is InChI=1S/C12H22N2O2/c1-8(2)5-6-10(12(13)16)14-11(15)7-9(3)4/h5,9-10H,6-7H2,1-4H3,(H2,13,16)(H,14,15)/t10-/m0/s1. The summed E-state index contributed by atoms with van der Waals surface area (Å²) in [5.74, 6) is -0.340. The Morgan fingerprint density at radius 1 is 1.31 bits per heavy atom. The van der Waals surface area contributed by atoms with E-state index in [0.29, 0.717) is 12.8 Å². The summed E-state index contributed by atoms with van der Waals surface area (Å²) in [5, 5.41) is 2.65. The molecular formula is C12H22N2O2. The van der Waals surface area contributed by atoms with Gasteiger partial charge in [-0.05, 0) is 26.2 Å². The molecule has 2 amide bonds. The Morgan fingerprint density at radius 3 is 2.25 bits per heavy atom. The minimum Gasteiger partial charge on any atom is -0.368 e. The lowest BCUT2D eigenvalue weighted by molar-refractivity contribution is -0.127. The highest BCUT2D eigenvalue weighted by molar-refractivity contribution is 5.86. The van der Waals surface area contributed by atoms with Crippen molar-refractivity contribution >= 4 is 11.8 Å². The third-order valence-corrected chi connectivity index (χ3v) is 2.03. The SMILES string of the molecule is CC(C)=CC[C@H](NC(=O)CC(C)C)C(N)=O. The molecule has 0 aromatic rings. The molecule has 3 N–H and O–H groups in total. The fourth-order valence-corrected chi connectivity index (χ4v) is 1.22. The largest absolute Gasteiger partial charge is 0.368 e. The lowest BCUT2D eigenvalue weighted by atomic mass is 10.1. The quantitative estimate of drug-likeness (QED) is 0.671. The van der Waals surface area contributed by atoms with Crippen LogP contribution in [0.25, 0.3) is 0 Å². The first-order valence-corrected chi connectivity index (χ1v) is 5.55. The number of hydrogen-bond donors (Lipinski definition) is 2. The van der Waals surface area contributed by atoms with Gasteiger partial charge in [0.05, 0.1) is 0 Å². The minimum absolute atomic E-state index is 0.124. The second kappa shape index (κ2) is 7.04. The van der Waals surface area contributed by atoms with Crippen molar-refractivity contribution in [3.8, 4) is 0 Å². The fourth-order valence-electron chi connectivity index (χ4n) is 1.22. The fraction of sp³-hybridized carbons (Fsp3) is 0.667. The topological polar surface area (TPSA) is 72.2 Å². The zero-order valence-corrected chi connectivity index (χ0v) is 10.5. The van der Waals surface area contributed by atoms with Crippen molar-refractivity contribution in [1.82, 2.24) is 5.32 Å². The summed E-state index contributed by atoms with van der Waals surface area (Å²) in [4.78, 5) is 22.6. The highest BCUT2D eigenvalue weighted by Gasteiger charge is 2.16. The van der Waals surface area contributed by atoms with Gasteiger partial charge in [0.15, 0.2) is 0 Å². The molecule has 0 unspecified atom stereocenters. The molecule has 92 valence electrons. The number of carbonyl (C=O) groups is 2. The number of carbonyl (C=O) groups excluding carboxylic acids is 2. The normalized spacial score (nSPS) is 12.1. The van der Waals surface area contributed by atoms with E-state index in [4.69, 9.17) is 5.73 Å². The molecular weight excluding hydrogens is 204 g/mol. The molecule has 1 atom stereocenters. The molecule has 0 rings (SSSR count). The van der Waals surface area contributed by atoms with Crippen molar-refractivity contribution in [2.45, 2.75) is 46.6 Å². The van der Waals surface area contributed by atoms with Crippen LogP contribution in [0.15, 0.2) is 11.6 Å². The summed E-state index contributed by atoms with van der Waals surface area (Å²) in [6.07, 6.45) is 2.77.